The number of hydrogen-bond acceptors (Lipinski definition) is 3. The molecule has 3 aromatic rings. The molecule has 0 amide bonds. The third kappa shape index (κ3) is 6.27. The number of nitrogens with zero attached hydrogens (tertiary/aromatic N) is 1. The van der Waals surface area contributed by atoms with E-state index in [1.165, 1.54) is 12.1 Å². The molecule has 0 heterocycles. The molecule has 0 radical (unpaired) electrons. The van der Waals surface area contributed by atoms with Gasteiger partial charge in [-0.3, -0.25) is 4.79 Å². The SMILES string of the molecule is CC(C)CC(C(=O)c1ccc(OCCN(C)C)cc1)c1ccccc1-c1ccc(F)cc1. The number of hydrogen-bond donors (Lipinski definition) is 0. The summed E-state index contributed by atoms with van der Waals surface area (Å²) in [6.45, 7) is 5.68. The minimum absolute atomic E-state index is 0.0908. The number of halogens is 1. The van der Waals surface area contributed by atoms with Gasteiger partial charge in [0.1, 0.15) is 18.2 Å². The molecule has 0 fully saturated rings. The number of carbonyl (C=O) groups is 1. The van der Waals surface area contributed by atoms with Gasteiger partial charge in [0.05, 0.1) is 0 Å². The third-order valence-corrected chi connectivity index (χ3v) is 5.46. The Morgan fingerprint density at radius 3 is 2.22 bits per heavy atom. The first kappa shape index (κ1) is 23.7. The molecule has 0 aliphatic carbocycles. The van der Waals surface area contributed by atoms with Crippen molar-refractivity contribution in [1.29, 1.82) is 0 Å². The van der Waals surface area contributed by atoms with Crippen LogP contribution in [-0.2, 0) is 0 Å². The third-order valence-electron chi connectivity index (χ3n) is 5.46. The van der Waals surface area contributed by atoms with E-state index >= 15 is 0 Å². The lowest BCUT2D eigenvalue weighted by Gasteiger charge is -2.22. The van der Waals surface area contributed by atoms with E-state index < -0.39 is 0 Å². The van der Waals surface area contributed by atoms with Crippen molar-refractivity contribution >= 4 is 5.78 Å². The van der Waals surface area contributed by atoms with Crippen LogP contribution in [0.25, 0.3) is 11.1 Å². The number of Topliss-reactive ketones (excluding diaryl/α,β-unsaturated/α-hetero) is 1. The fourth-order valence-electron chi connectivity index (χ4n) is 3.80. The summed E-state index contributed by atoms with van der Waals surface area (Å²) in [5.74, 6) is 0.646. The standard InChI is InChI=1S/C28H32FNO2/c1-20(2)19-27(26-8-6-5-7-25(26)21-9-13-23(29)14-10-21)28(31)22-11-15-24(16-12-22)32-18-17-30(3)4/h5-16,20,27H,17-19H2,1-4H3. The molecule has 0 aliphatic heterocycles. The number of ether oxygens (including phenoxy) is 1. The zero-order valence-electron chi connectivity index (χ0n) is 19.3. The van der Waals surface area contributed by atoms with E-state index in [1.807, 2.05) is 62.6 Å². The van der Waals surface area contributed by atoms with Crippen LogP contribution in [0.1, 0.15) is 42.1 Å². The smallest absolute Gasteiger partial charge is 0.170 e. The molecule has 0 aromatic heterocycles. The highest BCUT2D eigenvalue weighted by atomic mass is 19.1. The monoisotopic (exact) mass is 433 g/mol. The minimum Gasteiger partial charge on any atom is -0.492 e. The Hall–Kier alpha value is -2.98. The Morgan fingerprint density at radius 1 is 0.938 bits per heavy atom. The van der Waals surface area contributed by atoms with Gasteiger partial charge in [-0.25, -0.2) is 4.39 Å². The second kappa shape index (κ2) is 11.1. The molecule has 32 heavy (non-hydrogen) atoms. The fourth-order valence-corrected chi connectivity index (χ4v) is 3.80. The minimum atomic E-state index is -0.281. The maximum atomic E-state index is 13.6. The number of benzene rings is 3. The van der Waals surface area contributed by atoms with E-state index in [9.17, 15) is 9.18 Å². The molecule has 4 heteroatoms. The highest BCUT2D eigenvalue weighted by molar-refractivity contribution is 6.02. The number of carbonyl (C=O) groups excluding carboxylic acids is 1. The first-order chi connectivity index (χ1) is 15.3. The van der Waals surface area contributed by atoms with Crippen molar-refractivity contribution in [2.24, 2.45) is 5.92 Å². The maximum Gasteiger partial charge on any atom is 0.170 e. The second-order valence-corrected chi connectivity index (χ2v) is 8.82. The summed E-state index contributed by atoms with van der Waals surface area (Å²) in [5, 5.41) is 0. The van der Waals surface area contributed by atoms with Crippen molar-refractivity contribution in [1.82, 2.24) is 4.90 Å². The van der Waals surface area contributed by atoms with E-state index in [-0.39, 0.29) is 17.5 Å². The van der Waals surface area contributed by atoms with Gasteiger partial charge in [0.25, 0.3) is 0 Å². The van der Waals surface area contributed by atoms with Crippen LogP contribution < -0.4 is 4.74 Å². The van der Waals surface area contributed by atoms with Gasteiger partial charge in [0.2, 0.25) is 0 Å². The maximum absolute atomic E-state index is 13.6. The summed E-state index contributed by atoms with van der Waals surface area (Å²) in [7, 11) is 4.01. The quantitative estimate of drug-likeness (QED) is 0.344. The van der Waals surface area contributed by atoms with Gasteiger partial charge in [-0.15, -0.1) is 0 Å². The number of likely N-dealkylation sites (N-methyl/N-ethyl adjacent to an activating group) is 1. The van der Waals surface area contributed by atoms with Crippen LogP contribution >= 0.6 is 0 Å². The van der Waals surface area contributed by atoms with Crippen molar-refractivity contribution in [2.45, 2.75) is 26.2 Å². The van der Waals surface area contributed by atoms with Crippen LogP contribution in [0.2, 0.25) is 0 Å². The van der Waals surface area contributed by atoms with Gasteiger partial charge >= 0.3 is 0 Å². The van der Waals surface area contributed by atoms with Crippen LogP contribution in [0.5, 0.6) is 5.75 Å². The lowest BCUT2D eigenvalue weighted by atomic mass is 9.81. The number of rotatable bonds is 10. The average molecular weight is 434 g/mol. The Kier molecular flexibility index (Phi) is 8.18. The molecular weight excluding hydrogens is 401 g/mol. The van der Waals surface area contributed by atoms with E-state index in [4.69, 9.17) is 4.74 Å². The highest BCUT2D eigenvalue weighted by Gasteiger charge is 2.25. The summed E-state index contributed by atoms with van der Waals surface area (Å²) in [6, 6.07) is 21.8. The summed E-state index contributed by atoms with van der Waals surface area (Å²) in [5.41, 5.74) is 3.52. The van der Waals surface area contributed by atoms with E-state index in [1.54, 1.807) is 12.1 Å². The van der Waals surface area contributed by atoms with Gasteiger partial charge in [-0.05, 0) is 79.5 Å². The van der Waals surface area contributed by atoms with Gasteiger partial charge in [0.15, 0.2) is 5.78 Å². The van der Waals surface area contributed by atoms with Crippen molar-refractivity contribution in [3.05, 3.63) is 89.7 Å². The summed E-state index contributed by atoms with van der Waals surface area (Å²) in [6.07, 6.45) is 0.734. The van der Waals surface area contributed by atoms with Crippen molar-refractivity contribution in [3.63, 3.8) is 0 Å². The molecular formula is C28H32FNO2. The molecule has 3 nitrogen and oxygen atoms in total. The first-order valence-corrected chi connectivity index (χ1v) is 11.1. The van der Waals surface area contributed by atoms with Crippen LogP contribution in [-0.4, -0.2) is 37.9 Å². The second-order valence-electron chi connectivity index (χ2n) is 8.82. The Labute approximate surface area is 190 Å². The first-order valence-electron chi connectivity index (χ1n) is 11.1. The molecule has 0 N–H and O–H groups in total. The predicted octanol–water partition coefficient (Wildman–Crippen LogP) is 6.45. The Balaban J connectivity index is 1.89. The summed E-state index contributed by atoms with van der Waals surface area (Å²) < 4.78 is 19.2. The van der Waals surface area contributed by atoms with Gasteiger partial charge in [0, 0.05) is 18.0 Å². The zero-order valence-corrected chi connectivity index (χ0v) is 19.3. The lowest BCUT2D eigenvalue weighted by molar-refractivity contribution is 0.0949. The number of ketones is 1. The van der Waals surface area contributed by atoms with Gasteiger partial charge in [-0.2, -0.15) is 0 Å². The molecule has 0 spiro atoms. The van der Waals surface area contributed by atoms with Crippen LogP contribution in [0, 0.1) is 11.7 Å². The predicted molar refractivity (Wildman–Crippen MR) is 129 cm³/mol. The van der Waals surface area contributed by atoms with E-state index in [2.05, 4.69) is 18.7 Å². The average Bonchev–Trinajstić information content (AvgIpc) is 2.78. The van der Waals surface area contributed by atoms with Gasteiger partial charge < -0.3 is 9.64 Å². The van der Waals surface area contributed by atoms with Gasteiger partial charge in [-0.1, -0.05) is 50.2 Å². The zero-order chi connectivity index (χ0) is 23.1. The van der Waals surface area contributed by atoms with Crippen molar-refractivity contribution in [2.75, 3.05) is 27.2 Å². The molecule has 0 saturated heterocycles. The molecule has 1 unspecified atom stereocenters. The fraction of sp³-hybridized carbons (Fsp3) is 0.321. The topological polar surface area (TPSA) is 29.5 Å². The normalized spacial score (nSPS) is 12.2. The lowest BCUT2D eigenvalue weighted by Crippen LogP contribution is -2.19. The molecule has 1 atom stereocenters. The van der Waals surface area contributed by atoms with Crippen molar-refractivity contribution < 1.29 is 13.9 Å². The van der Waals surface area contributed by atoms with E-state index in [0.717, 1.165) is 35.4 Å². The summed E-state index contributed by atoms with van der Waals surface area (Å²) in [4.78, 5) is 15.7. The molecule has 168 valence electrons. The van der Waals surface area contributed by atoms with Crippen LogP contribution in [0.4, 0.5) is 4.39 Å². The molecule has 3 rings (SSSR count). The molecule has 0 saturated carbocycles. The van der Waals surface area contributed by atoms with Crippen LogP contribution in [0.15, 0.2) is 72.8 Å². The summed E-state index contributed by atoms with van der Waals surface area (Å²) >= 11 is 0. The molecule has 3 aromatic carbocycles. The highest BCUT2D eigenvalue weighted by Crippen LogP contribution is 2.35. The molecule has 0 bridgehead atoms. The van der Waals surface area contributed by atoms with Crippen LogP contribution in [0.3, 0.4) is 0 Å². The largest absolute Gasteiger partial charge is 0.492 e. The Morgan fingerprint density at radius 2 is 1.59 bits per heavy atom. The molecule has 0 aliphatic rings. The van der Waals surface area contributed by atoms with Crippen molar-refractivity contribution in [3.8, 4) is 16.9 Å². The van der Waals surface area contributed by atoms with E-state index in [0.29, 0.717) is 18.1 Å². The Bertz CT molecular complexity index is 1010.